The maximum absolute atomic E-state index is 12.3. The minimum Gasteiger partial charge on any atom is -0.478 e. The van der Waals surface area contributed by atoms with Crippen LogP contribution in [0.15, 0.2) is 29.2 Å². The van der Waals surface area contributed by atoms with Gasteiger partial charge in [-0.1, -0.05) is 12.1 Å². The molecule has 0 bridgehead atoms. The quantitative estimate of drug-likeness (QED) is 0.810. The minimum atomic E-state index is -3.80. The van der Waals surface area contributed by atoms with Gasteiger partial charge in [-0.3, -0.25) is 0 Å². The van der Waals surface area contributed by atoms with Crippen LogP contribution < -0.4 is 5.32 Å². The number of nitrogens with one attached hydrogen (secondary N) is 1. The van der Waals surface area contributed by atoms with Crippen LogP contribution in [0, 0.1) is 0 Å². The molecule has 2 rings (SSSR count). The summed E-state index contributed by atoms with van der Waals surface area (Å²) in [6.07, 6.45) is 0. The van der Waals surface area contributed by atoms with Crippen LogP contribution in [0.1, 0.15) is 10.4 Å². The molecular formula is C11H13NO5S. The fourth-order valence-electron chi connectivity index (χ4n) is 1.77. The molecule has 0 aromatic heterocycles. The number of sulfone groups is 1. The van der Waals surface area contributed by atoms with Gasteiger partial charge < -0.3 is 15.2 Å². The van der Waals surface area contributed by atoms with Crippen molar-refractivity contribution in [1.82, 2.24) is 5.32 Å². The number of carboxylic acid groups (broad SMARTS) is 1. The van der Waals surface area contributed by atoms with Gasteiger partial charge in [0.1, 0.15) is 0 Å². The van der Waals surface area contributed by atoms with Crippen LogP contribution in [0.4, 0.5) is 0 Å². The van der Waals surface area contributed by atoms with Gasteiger partial charge in [0, 0.05) is 13.1 Å². The first-order valence-corrected chi connectivity index (χ1v) is 6.96. The normalized spacial score (nSPS) is 20.6. The maximum atomic E-state index is 12.3. The SMILES string of the molecule is O=C(O)c1ccccc1S(=O)(=O)C1CNCCO1. The molecule has 1 aromatic rings. The number of hydrogen-bond donors (Lipinski definition) is 2. The molecule has 98 valence electrons. The van der Waals surface area contributed by atoms with Crippen LogP contribution >= 0.6 is 0 Å². The molecule has 1 heterocycles. The molecule has 1 atom stereocenters. The smallest absolute Gasteiger partial charge is 0.337 e. The lowest BCUT2D eigenvalue weighted by atomic mass is 10.2. The van der Waals surface area contributed by atoms with Gasteiger partial charge in [-0.15, -0.1) is 0 Å². The Morgan fingerprint density at radius 2 is 2.11 bits per heavy atom. The molecule has 0 spiro atoms. The lowest BCUT2D eigenvalue weighted by molar-refractivity contribution is 0.0690. The fraction of sp³-hybridized carbons (Fsp3) is 0.364. The minimum absolute atomic E-state index is 0.163. The number of rotatable bonds is 3. The summed E-state index contributed by atoms with van der Waals surface area (Å²) in [7, 11) is -3.80. The van der Waals surface area contributed by atoms with Crippen LogP contribution in [0.3, 0.4) is 0 Å². The van der Waals surface area contributed by atoms with Crippen LogP contribution in [-0.4, -0.2) is 44.6 Å². The third-order valence-electron chi connectivity index (χ3n) is 2.66. The number of aromatic carboxylic acids is 1. The van der Waals surface area contributed by atoms with Crippen LogP contribution in [0.25, 0.3) is 0 Å². The van der Waals surface area contributed by atoms with E-state index in [-0.39, 0.29) is 17.0 Å². The summed E-state index contributed by atoms with van der Waals surface area (Å²) in [4.78, 5) is 10.8. The molecule has 2 N–H and O–H groups in total. The number of carboxylic acids is 1. The highest BCUT2D eigenvalue weighted by Crippen LogP contribution is 2.22. The summed E-state index contributed by atoms with van der Waals surface area (Å²) in [5, 5.41) is 11.9. The van der Waals surface area contributed by atoms with Crippen molar-refractivity contribution in [3.63, 3.8) is 0 Å². The van der Waals surface area contributed by atoms with Gasteiger partial charge in [0.15, 0.2) is 5.44 Å². The van der Waals surface area contributed by atoms with E-state index in [9.17, 15) is 13.2 Å². The molecule has 0 radical (unpaired) electrons. The summed E-state index contributed by atoms with van der Waals surface area (Å²) in [5.74, 6) is -1.27. The van der Waals surface area contributed by atoms with Gasteiger partial charge in [-0.05, 0) is 12.1 Å². The molecule has 1 aliphatic rings. The highest BCUT2D eigenvalue weighted by Gasteiger charge is 2.32. The average Bonchev–Trinajstić information content (AvgIpc) is 2.39. The molecular weight excluding hydrogens is 258 g/mol. The fourth-order valence-corrected chi connectivity index (χ4v) is 3.40. The van der Waals surface area contributed by atoms with Crippen molar-refractivity contribution in [2.45, 2.75) is 10.3 Å². The molecule has 7 heteroatoms. The van der Waals surface area contributed by atoms with Gasteiger partial charge in [0.05, 0.1) is 17.1 Å². The zero-order chi connectivity index (χ0) is 13.2. The van der Waals surface area contributed by atoms with E-state index >= 15 is 0 Å². The molecule has 1 aromatic carbocycles. The Bertz CT molecular complexity index is 548. The Balaban J connectivity index is 2.43. The van der Waals surface area contributed by atoms with E-state index < -0.39 is 21.2 Å². The number of ether oxygens (including phenoxy) is 1. The number of carbonyl (C=O) groups is 1. The third kappa shape index (κ3) is 2.38. The van der Waals surface area contributed by atoms with Crippen LogP contribution in [0.5, 0.6) is 0 Å². The molecule has 0 saturated carbocycles. The van der Waals surface area contributed by atoms with Gasteiger partial charge in [0.25, 0.3) is 0 Å². The molecule has 6 nitrogen and oxygen atoms in total. The second-order valence-corrected chi connectivity index (χ2v) is 5.91. The van der Waals surface area contributed by atoms with Crippen molar-refractivity contribution in [2.24, 2.45) is 0 Å². The van der Waals surface area contributed by atoms with E-state index in [4.69, 9.17) is 9.84 Å². The Morgan fingerprint density at radius 3 is 2.72 bits per heavy atom. The van der Waals surface area contributed by atoms with E-state index in [0.717, 1.165) is 0 Å². The number of hydrogen-bond acceptors (Lipinski definition) is 5. The van der Waals surface area contributed by atoms with Crippen molar-refractivity contribution >= 4 is 15.8 Å². The largest absolute Gasteiger partial charge is 0.478 e. The molecule has 1 saturated heterocycles. The molecule has 1 fully saturated rings. The van der Waals surface area contributed by atoms with Crippen molar-refractivity contribution in [3.05, 3.63) is 29.8 Å². The zero-order valence-corrected chi connectivity index (χ0v) is 10.3. The van der Waals surface area contributed by atoms with Gasteiger partial charge >= 0.3 is 5.97 Å². The van der Waals surface area contributed by atoms with Crippen molar-refractivity contribution in [3.8, 4) is 0 Å². The van der Waals surface area contributed by atoms with Crippen molar-refractivity contribution in [1.29, 1.82) is 0 Å². The molecule has 18 heavy (non-hydrogen) atoms. The van der Waals surface area contributed by atoms with E-state index in [1.807, 2.05) is 0 Å². The molecule has 0 amide bonds. The van der Waals surface area contributed by atoms with E-state index in [1.54, 1.807) is 0 Å². The predicted molar refractivity (Wildman–Crippen MR) is 63.2 cm³/mol. The average molecular weight is 271 g/mol. The topological polar surface area (TPSA) is 92.7 Å². The Morgan fingerprint density at radius 1 is 1.39 bits per heavy atom. The van der Waals surface area contributed by atoms with Gasteiger partial charge in [-0.25, -0.2) is 13.2 Å². The van der Waals surface area contributed by atoms with Crippen LogP contribution in [0.2, 0.25) is 0 Å². The molecule has 1 unspecified atom stereocenters. The summed E-state index contributed by atoms with van der Waals surface area (Å²) in [6, 6.07) is 5.54. The van der Waals surface area contributed by atoms with Crippen molar-refractivity contribution in [2.75, 3.05) is 19.7 Å². The Labute approximate surface area is 104 Å². The Hall–Kier alpha value is -1.44. The maximum Gasteiger partial charge on any atom is 0.337 e. The summed E-state index contributed by atoms with van der Waals surface area (Å²) in [5.41, 5.74) is -1.27. The third-order valence-corrected chi connectivity index (χ3v) is 4.63. The number of morpholine rings is 1. The lowest BCUT2D eigenvalue weighted by Crippen LogP contribution is -2.43. The summed E-state index contributed by atoms with van der Waals surface area (Å²) < 4.78 is 29.8. The molecule has 0 aliphatic carbocycles. The lowest BCUT2D eigenvalue weighted by Gasteiger charge is -2.24. The van der Waals surface area contributed by atoms with E-state index in [1.165, 1.54) is 24.3 Å². The monoisotopic (exact) mass is 271 g/mol. The highest BCUT2D eigenvalue weighted by molar-refractivity contribution is 7.92. The predicted octanol–water partition coefficient (Wildman–Crippen LogP) is 0.104. The first-order chi connectivity index (χ1) is 8.53. The number of benzene rings is 1. The van der Waals surface area contributed by atoms with E-state index in [0.29, 0.717) is 13.2 Å². The van der Waals surface area contributed by atoms with Gasteiger partial charge in [0.2, 0.25) is 9.84 Å². The van der Waals surface area contributed by atoms with Crippen molar-refractivity contribution < 1.29 is 23.1 Å². The zero-order valence-electron chi connectivity index (χ0n) is 9.50. The van der Waals surface area contributed by atoms with Crippen LogP contribution in [-0.2, 0) is 14.6 Å². The van der Waals surface area contributed by atoms with E-state index in [2.05, 4.69) is 5.32 Å². The first kappa shape index (κ1) is 13.0. The second kappa shape index (κ2) is 5.05. The summed E-state index contributed by atoms with van der Waals surface area (Å²) in [6.45, 7) is 1.04. The highest BCUT2D eigenvalue weighted by atomic mass is 32.2. The van der Waals surface area contributed by atoms with Gasteiger partial charge in [-0.2, -0.15) is 0 Å². The Kier molecular flexibility index (Phi) is 3.65. The second-order valence-electron chi connectivity index (χ2n) is 3.85. The molecule has 1 aliphatic heterocycles. The first-order valence-electron chi connectivity index (χ1n) is 5.42. The standard InChI is InChI=1S/C11H13NO5S/c13-11(14)8-3-1-2-4-9(8)18(15,16)10-7-12-5-6-17-10/h1-4,10,12H,5-7H2,(H,13,14). The summed E-state index contributed by atoms with van der Waals surface area (Å²) >= 11 is 0.